The summed E-state index contributed by atoms with van der Waals surface area (Å²) in [5.74, 6) is -2.31. The predicted molar refractivity (Wildman–Crippen MR) is 129 cm³/mol. The second-order valence-electron chi connectivity index (χ2n) is 8.35. The van der Waals surface area contributed by atoms with E-state index in [1.165, 1.54) is 0 Å². The SMILES string of the molecule is CCOC(=O)[C@H](C)C[C@@H](Cc1ccc(-c2ccccc2)cc1)NC(=O)CCC(=O)CCC(=O)O. The Morgan fingerprint density at radius 1 is 0.882 bits per heavy atom. The zero-order valence-corrected chi connectivity index (χ0v) is 19.8. The predicted octanol–water partition coefficient (Wildman–Crippen LogP) is 4.18. The molecular weight excluding hydrogens is 434 g/mol. The van der Waals surface area contributed by atoms with Gasteiger partial charge in [0, 0.05) is 25.3 Å². The first-order valence-corrected chi connectivity index (χ1v) is 11.6. The van der Waals surface area contributed by atoms with Gasteiger partial charge in [-0.3, -0.25) is 19.2 Å². The molecule has 0 saturated heterocycles. The lowest BCUT2D eigenvalue weighted by Gasteiger charge is -2.22. The molecule has 0 fully saturated rings. The van der Waals surface area contributed by atoms with E-state index in [9.17, 15) is 19.2 Å². The molecule has 0 saturated carbocycles. The highest BCUT2D eigenvalue weighted by atomic mass is 16.5. The van der Waals surface area contributed by atoms with Gasteiger partial charge in [-0.05, 0) is 36.5 Å². The summed E-state index contributed by atoms with van der Waals surface area (Å²) in [4.78, 5) is 47.0. The van der Waals surface area contributed by atoms with Crippen LogP contribution in [0, 0.1) is 5.92 Å². The number of Topliss-reactive ketones (excluding diaryl/α,β-unsaturated/α-hetero) is 1. The van der Waals surface area contributed by atoms with Crippen LogP contribution in [0.5, 0.6) is 0 Å². The van der Waals surface area contributed by atoms with E-state index in [-0.39, 0.29) is 49.4 Å². The van der Waals surface area contributed by atoms with Crippen LogP contribution in [0.2, 0.25) is 0 Å². The number of benzene rings is 2. The number of amides is 1. The highest BCUT2D eigenvalue weighted by Crippen LogP contribution is 2.21. The Labute approximate surface area is 200 Å². The molecule has 2 atom stereocenters. The van der Waals surface area contributed by atoms with Crippen molar-refractivity contribution < 1.29 is 29.0 Å². The number of aliphatic carboxylic acids is 1. The van der Waals surface area contributed by atoms with Crippen molar-refractivity contribution in [3.05, 3.63) is 60.2 Å². The molecule has 0 unspecified atom stereocenters. The van der Waals surface area contributed by atoms with E-state index in [0.717, 1.165) is 16.7 Å². The van der Waals surface area contributed by atoms with Crippen molar-refractivity contribution in [2.24, 2.45) is 5.92 Å². The number of hydrogen-bond acceptors (Lipinski definition) is 5. The molecule has 2 rings (SSSR count). The summed E-state index contributed by atoms with van der Waals surface area (Å²) in [6, 6.07) is 17.8. The monoisotopic (exact) mass is 467 g/mol. The number of nitrogens with one attached hydrogen (secondary N) is 1. The highest BCUT2D eigenvalue weighted by Gasteiger charge is 2.22. The van der Waals surface area contributed by atoms with Crippen molar-refractivity contribution >= 4 is 23.6 Å². The number of ketones is 1. The van der Waals surface area contributed by atoms with Gasteiger partial charge >= 0.3 is 11.9 Å². The summed E-state index contributed by atoms with van der Waals surface area (Å²) < 4.78 is 5.11. The molecule has 7 nitrogen and oxygen atoms in total. The number of esters is 1. The number of carbonyl (C=O) groups is 4. The molecule has 0 heterocycles. The number of carboxylic acid groups (broad SMARTS) is 1. The first-order valence-electron chi connectivity index (χ1n) is 11.6. The molecule has 7 heteroatoms. The topological polar surface area (TPSA) is 110 Å². The summed E-state index contributed by atoms with van der Waals surface area (Å²) in [5, 5.41) is 11.6. The maximum atomic E-state index is 12.5. The molecule has 0 aromatic heterocycles. The zero-order chi connectivity index (χ0) is 24.9. The van der Waals surface area contributed by atoms with E-state index < -0.39 is 11.9 Å². The quantitative estimate of drug-likeness (QED) is 0.403. The highest BCUT2D eigenvalue weighted by molar-refractivity contribution is 5.86. The first-order chi connectivity index (χ1) is 16.3. The molecule has 0 spiro atoms. The summed E-state index contributed by atoms with van der Waals surface area (Å²) in [7, 11) is 0. The minimum Gasteiger partial charge on any atom is -0.481 e. The van der Waals surface area contributed by atoms with Crippen LogP contribution < -0.4 is 5.32 Å². The van der Waals surface area contributed by atoms with Gasteiger partial charge in [-0.1, -0.05) is 61.5 Å². The van der Waals surface area contributed by atoms with Crippen LogP contribution in [0.3, 0.4) is 0 Å². The number of carbonyl (C=O) groups excluding carboxylic acids is 3. The molecule has 0 aliphatic rings. The molecule has 0 radical (unpaired) electrons. The van der Waals surface area contributed by atoms with Crippen molar-refractivity contribution in [1.82, 2.24) is 5.32 Å². The lowest BCUT2D eigenvalue weighted by Crippen LogP contribution is -2.39. The van der Waals surface area contributed by atoms with Gasteiger partial charge in [0.15, 0.2) is 0 Å². The largest absolute Gasteiger partial charge is 0.481 e. The second kappa shape index (κ2) is 13.9. The maximum absolute atomic E-state index is 12.5. The van der Waals surface area contributed by atoms with Gasteiger partial charge in [0.1, 0.15) is 5.78 Å². The number of ether oxygens (including phenoxy) is 1. The molecular formula is C27H33NO6. The van der Waals surface area contributed by atoms with Gasteiger partial charge in [-0.15, -0.1) is 0 Å². The third kappa shape index (κ3) is 9.57. The molecule has 2 aromatic carbocycles. The van der Waals surface area contributed by atoms with Gasteiger partial charge in [0.2, 0.25) is 5.91 Å². The van der Waals surface area contributed by atoms with Crippen LogP contribution in [0.4, 0.5) is 0 Å². The van der Waals surface area contributed by atoms with Crippen molar-refractivity contribution in [2.75, 3.05) is 6.61 Å². The Hall–Kier alpha value is -3.48. The van der Waals surface area contributed by atoms with Crippen molar-refractivity contribution in [3.63, 3.8) is 0 Å². The van der Waals surface area contributed by atoms with E-state index in [4.69, 9.17) is 9.84 Å². The van der Waals surface area contributed by atoms with Crippen molar-refractivity contribution in [1.29, 1.82) is 0 Å². The lowest BCUT2D eigenvalue weighted by atomic mass is 9.94. The Morgan fingerprint density at radius 2 is 1.50 bits per heavy atom. The van der Waals surface area contributed by atoms with Gasteiger partial charge in [0.25, 0.3) is 0 Å². The Morgan fingerprint density at radius 3 is 2.12 bits per heavy atom. The Kier molecular flexibility index (Phi) is 11.0. The minimum atomic E-state index is -1.04. The zero-order valence-electron chi connectivity index (χ0n) is 19.8. The summed E-state index contributed by atoms with van der Waals surface area (Å²) >= 11 is 0. The average molecular weight is 468 g/mol. The molecule has 1 amide bonds. The molecule has 34 heavy (non-hydrogen) atoms. The fraction of sp³-hybridized carbons (Fsp3) is 0.407. The fourth-order valence-corrected chi connectivity index (χ4v) is 3.67. The van der Waals surface area contributed by atoms with Gasteiger partial charge in [-0.25, -0.2) is 0 Å². The van der Waals surface area contributed by atoms with Gasteiger partial charge < -0.3 is 15.2 Å². The third-order valence-corrected chi connectivity index (χ3v) is 5.48. The molecule has 0 aliphatic heterocycles. The van der Waals surface area contributed by atoms with Crippen molar-refractivity contribution in [3.8, 4) is 11.1 Å². The normalized spacial score (nSPS) is 12.4. The minimum absolute atomic E-state index is 0.00889. The molecule has 0 aliphatic carbocycles. The van der Waals surface area contributed by atoms with Crippen LogP contribution in [-0.2, 0) is 30.3 Å². The molecule has 2 aromatic rings. The number of rotatable bonds is 14. The molecule has 0 bridgehead atoms. The van der Waals surface area contributed by atoms with E-state index in [1.807, 2.05) is 54.6 Å². The van der Waals surface area contributed by atoms with E-state index in [2.05, 4.69) is 5.32 Å². The van der Waals surface area contributed by atoms with Crippen LogP contribution in [0.1, 0.15) is 51.5 Å². The molecule has 2 N–H and O–H groups in total. The van der Waals surface area contributed by atoms with Crippen LogP contribution in [0.25, 0.3) is 11.1 Å². The Balaban J connectivity index is 2.02. The van der Waals surface area contributed by atoms with Crippen molar-refractivity contribution in [2.45, 2.75) is 58.4 Å². The smallest absolute Gasteiger partial charge is 0.308 e. The first kappa shape index (κ1) is 26.8. The maximum Gasteiger partial charge on any atom is 0.308 e. The number of hydrogen-bond donors (Lipinski definition) is 2. The summed E-state index contributed by atoms with van der Waals surface area (Å²) in [5.41, 5.74) is 3.21. The van der Waals surface area contributed by atoms with Crippen LogP contribution >= 0.6 is 0 Å². The lowest BCUT2D eigenvalue weighted by molar-refractivity contribution is -0.148. The average Bonchev–Trinajstić information content (AvgIpc) is 2.82. The second-order valence-corrected chi connectivity index (χ2v) is 8.35. The van der Waals surface area contributed by atoms with Gasteiger partial charge in [0.05, 0.1) is 18.9 Å². The third-order valence-electron chi connectivity index (χ3n) is 5.48. The number of carboxylic acids is 1. The summed E-state index contributed by atoms with van der Waals surface area (Å²) in [6.07, 6.45) is 0.578. The van der Waals surface area contributed by atoms with E-state index >= 15 is 0 Å². The Bertz CT molecular complexity index is 955. The fourth-order valence-electron chi connectivity index (χ4n) is 3.67. The van der Waals surface area contributed by atoms with Crippen LogP contribution in [0.15, 0.2) is 54.6 Å². The molecule has 182 valence electrons. The van der Waals surface area contributed by atoms with Crippen LogP contribution in [-0.4, -0.2) is 41.4 Å². The van der Waals surface area contributed by atoms with E-state index in [1.54, 1.807) is 13.8 Å². The van der Waals surface area contributed by atoms with Gasteiger partial charge in [-0.2, -0.15) is 0 Å². The van der Waals surface area contributed by atoms with E-state index in [0.29, 0.717) is 19.4 Å². The standard InChI is InChI=1S/C27H33NO6/c1-3-34-27(33)19(2)17-23(28-25(30)15-13-24(29)14-16-26(31)32)18-20-9-11-22(12-10-20)21-7-5-4-6-8-21/h4-12,19,23H,3,13-18H2,1-2H3,(H,28,30)(H,31,32)/t19-,23+/m1/s1. The summed E-state index contributed by atoms with van der Waals surface area (Å²) in [6.45, 7) is 3.81.